The quantitative estimate of drug-likeness (QED) is 0.840. The summed E-state index contributed by atoms with van der Waals surface area (Å²) in [6.07, 6.45) is 1.19. The highest BCUT2D eigenvalue weighted by atomic mass is 16.3. The lowest BCUT2D eigenvalue weighted by molar-refractivity contribution is 0.242. The van der Waals surface area contributed by atoms with Crippen molar-refractivity contribution < 1.29 is 5.11 Å². The molecule has 1 atom stereocenters. The van der Waals surface area contributed by atoms with Gasteiger partial charge in [-0.3, -0.25) is 4.90 Å². The van der Waals surface area contributed by atoms with Crippen LogP contribution in [0, 0.1) is 12.8 Å². The Morgan fingerprint density at radius 1 is 1.24 bits per heavy atom. The average Bonchev–Trinajstić information content (AvgIpc) is 2.28. The van der Waals surface area contributed by atoms with E-state index in [0.29, 0.717) is 5.75 Å². The van der Waals surface area contributed by atoms with E-state index in [1.165, 1.54) is 12.0 Å². The number of phenolic OH excluding ortho intramolecular Hbond substituents is 1. The maximum atomic E-state index is 9.91. The first-order chi connectivity index (χ1) is 7.91. The molecule has 1 aromatic rings. The fraction of sp³-hybridized carbons (Fsp3) is 0.600. The third-order valence-corrected chi connectivity index (χ3v) is 3.35. The minimum atomic E-state index is 0.258. The summed E-state index contributed by atoms with van der Waals surface area (Å²) in [7, 11) is 2.12. The van der Waals surface area contributed by atoms with Gasteiger partial charge in [-0.2, -0.15) is 0 Å². The zero-order valence-electron chi connectivity index (χ0n) is 11.7. The number of phenols is 1. The Kier molecular flexibility index (Phi) is 5.01. The molecule has 0 amide bonds. The topological polar surface area (TPSA) is 23.5 Å². The first-order valence-corrected chi connectivity index (χ1v) is 6.41. The minimum absolute atomic E-state index is 0.258. The molecule has 1 unspecified atom stereocenters. The van der Waals surface area contributed by atoms with Crippen LogP contribution in [0.25, 0.3) is 0 Å². The van der Waals surface area contributed by atoms with E-state index in [2.05, 4.69) is 45.7 Å². The maximum Gasteiger partial charge on any atom is 0.120 e. The number of hydrogen-bond acceptors (Lipinski definition) is 2. The second-order valence-electron chi connectivity index (χ2n) is 5.40. The molecule has 2 heteroatoms. The van der Waals surface area contributed by atoms with Crippen molar-refractivity contribution in [3.05, 3.63) is 29.3 Å². The van der Waals surface area contributed by atoms with Gasteiger partial charge in [0.1, 0.15) is 5.75 Å². The van der Waals surface area contributed by atoms with Crippen molar-refractivity contribution in [2.45, 2.75) is 40.2 Å². The molecule has 0 radical (unpaired) electrons. The molecule has 0 spiro atoms. The number of aromatic hydroxyl groups is 1. The molecule has 0 aliphatic rings. The fourth-order valence-corrected chi connectivity index (χ4v) is 1.90. The number of nitrogens with zero attached hydrogens (tertiary/aromatic N) is 1. The maximum absolute atomic E-state index is 9.91. The van der Waals surface area contributed by atoms with E-state index < -0.39 is 0 Å². The monoisotopic (exact) mass is 235 g/mol. The van der Waals surface area contributed by atoms with Crippen molar-refractivity contribution in [1.29, 1.82) is 0 Å². The summed E-state index contributed by atoms with van der Waals surface area (Å²) in [5, 5.41) is 9.91. The number of benzene rings is 1. The normalized spacial score (nSPS) is 13.4. The standard InChI is InChI=1S/C15H25NO/c1-11(2)8-9-16(5)13(4)14-10-12(3)6-7-15(14)17/h6-7,10-11,13,17H,8-9H2,1-5H3. The van der Waals surface area contributed by atoms with Gasteiger partial charge in [0, 0.05) is 11.6 Å². The van der Waals surface area contributed by atoms with E-state index in [9.17, 15) is 5.11 Å². The zero-order chi connectivity index (χ0) is 13.0. The second kappa shape index (κ2) is 6.06. The van der Waals surface area contributed by atoms with E-state index in [0.717, 1.165) is 18.0 Å². The lowest BCUT2D eigenvalue weighted by Crippen LogP contribution is -2.24. The highest BCUT2D eigenvalue weighted by molar-refractivity contribution is 5.37. The van der Waals surface area contributed by atoms with Crippen LogP contribution in [0.3, 0.4) is 0 Å². The second-order valence-corrected chi connectivity index (χ2v) is 5.40. The van der Waals surface area contributed by atoms with Gasteiger partial charge in [0.15, 0.2) is 0 Å². The molecule has 0 aliphatic carbocycles. The Balaban J connectivity index is 2.74. The van der Waals surface area contributed by atoms with Crippen LogP contribution in [0.15, 0.2) is 18.2 Å². The lowest BCUT2D eigenvalue weighted by Gasteiger charge is -2.26. The Morgan fingerprint density at radius 3 is 2.47 bits per heavy atom. The van der Waals surface area contributed by atoms with Gasteiger partial charge in [0.2, 0.25) is 0 Å². The summed E-state index contributed by atoms with van der Waals surface area (Å²) in [4.78, 5) is 2.30. The fourth-order valence-electron chi connectivity index (χ4n) is 1.90. The molecule has 0 aliphatic heterocycles. The summed E-state index contributed by atoms with van der Waals surface area (Å²) < 4.78 is 0. The molecule has 2 nitrogen and oxygen atoms in total. The molecule has 1 rings (SSSR count). The Morgan fingerprint density at radius 2 is 1.88 bits per heavy atom. The van der Waals surface area contributed by atoms with E-state index in [1.807, 2.05) is 6.07 Å². The van der Waals surface area contributed by atoms with Gasteiger partial charge in [-0.05, 0) is 45.8 Å². The van der Waals surface area contributed by atoms with Gasteiger partial charge in [-0.15, -0.1) is 0 Å². The number of hydrogen-bond donors (Lipinski definition) is 1. The summed E-state index contributed by atoms with van der Waals surface area (Å²) in [5.74, 6) is 1.12. The van der Waals surface area contributed by atoms with Crippen LogP contribution in [0.5, 0.6) is 5.75 Å². The summed E-state index contributed by atoms with van der Waals surface area (Å²) in [6.45, 7) is 9.75. The van der Waals surface area contributed by atoms with E-state index in [1.54, 1.807) is 6.07 Å². The van der Waals surface area contributed by atoms with Crippen LogP contribution in [0.2, 0.25) is 0 Å². The lowest BCUT2D eigenvalue weighted by atomic mass is 10.0. The molecule has 0 saturated carbocycles. The predicted octanol–water partition coefficient (Wildman–Crippen LogP) is 3.74. The first-order valence-electron chi connectivity index (χ1n) is 6.41. The van der Waals surface area contributed by atoms with Crippen molar-refractivity contribution in [3.63, 3.8) is 0 Å². The van der Waals surface area contributed by atoms with Crippen LogP contribution < -0.4 is 0 Å². The van der Waals surface area contributed by atoms with Gasteiger partial charge in [-0.1, -0.05) is 31.5 Å². The molecule has 0 bridgehead atoms. The zero-order valence-corrected chi connectivity index (χ0v) is 11.7. The highest BCUT2D eigenvalue weighted by Gasteiger charge is 2.15. The molecule has 0 heterocycles. The van der Waals surface area contributed by atoms with Gasteiger partial charge in [0.25, 0.3) is 0 Å². The third kappa shape index (κ3) is 4.04. The molecular formula is C15H25NO. The van der Waals surface area contributed by atoms with E-state index in [-0.39, 0.29) is 6.04 Å². The van der Waals surface area contributed by atoms with Gasteiger partial charge < -0.3 is 5.11 Å². The average molecular weight is 235 g/mol. The van der Waals surface area contributed by atoms with Crippen LogP contribution >= 0.6 is 0 Å². The van der Waals surface area contributed by atoms with Crippen molar-refractivity contribution in [3.8, 4) is 5.75 Å². The Bertz CT molecular complexity index is 360. The van der Waals surface area contributed by atoms with Crippen molar-refractivity contribution in [2.75, 3.05) is 13.6 Å². The largest absolute Gasteiger partial charge is 0.508 e. The Labute approximate surface area is 105 Å². The molecular weight excluding hydrogens is 210 g/mol. The van der Waals surface area contributed by atoms with Crippen molar-refractivity contribution >= 4 is 0 Å². The highest BCUT2D eigenvalue weighted by Crippen LogP contribution is 2.28. The summed E-state index contributed by atoms with van der Waals surface area (Å²) >= 11 is 0. The SMILES string of the molecule is Cc1ccc(O)c(C(C)N(C)CCC(C)C)c1. The molecule has 96 valence electrons. The van der Waals surface area contributed by atoms with Crippen molar-refractivity contribution in [1.82, 2.24) is 4.90 Å². The van der Waals surface area contributed by atoms with E-state index >= 15 is 0 Å². The Hall–Kier alpha value is -1.02. The number of aryl methyl sites for hydroxylation is 1. The van der Waals surface area contributed by atoms with Gasteiger partial charge >= 0.3 is 0 Å². The van der Waals surface area contributed by atoms with Crippen LogP contribution in [0.1, 0.15) is 44.4 Å². The smallest absolute Gasteiger partial charge is 0.120 e. The van der Waals surface area contributed by atoms with E-state index in [4.69, 9.17) is 0 Å². The molecule has 1 N–H and O–H groups in total. The van der Waals surface area contributed by atoms with Crippen LogP contribution in [-0.2, 0) is 0 Å². The van der Waals surface area contributed by atoms with Gasteiger partial charge in [-0.25, -0.2) is 0 Å². The summed E-state index contributed by atoms with van der Waals surface area (Å²) in [5.41, 5.74) is 2.22. The third-order valence-electron chi connectivity index (χ3n) is 3.35. The molecule has 1 aromatic carbocycles. The van der Waals surface area contributed by atoms with Crippen LogP contribution in [0.4, 0.5) is 0 Å². The molecule has 17 heavy (non-hydrogen) atoms. The van der Waals surface area contributed by atoms with Crippen LogP contribution in [-0.4, -0.2) is 23.6 Å². The van der Waals surface area contributed by atoms with Gasteiger partial charge in [0.05, 0.1) is 0 Å². The number of rotatable bonds is 5. The summed E-state index contributed by atoms with van der Waals surface area (Å²) in [6, 6.07) is 6.07. The minimum Gasteiger partial charge on any atom is -0.508 e. The predicted molar refractivity (Wildman–Crippen MR) is 73.3 cm³/mol. The first kappa shape index (κ1) is 14.0. The molecule has 0 saturated heterocycles. The molecule has 0 fully saturated rings. The van der Waals surface area contributed by atoms with Crippen molar-refractivity contribution in [2.24, 2.45) is 5.92 Å². The molecule has 0 aromatic heterocycles.